The lowest BCUT2D eigenvalue weighted by Crippen LogP contribution is -2.29. The molecule has 0 aliphatic carbocycles. The SMILES string of the molecule is CNc1ccncc1S(=O)(=O)NCCOCCN(C)C. The van der Waals surface area contributed by atoms with Gasteiger partial charge < -0.3 is 15.0 Å². The number of pyridine rings is 1. The molecule has 0 unspecified atom stereocenters. The Morgan fingerprint density at radius 1 is 1.35 bits per heavy atom. The molecule has 7 nitrogen and oxygen atoms in total. The maximum atomic E-state index is 12.1. The molecule has 1 aromatic rings. The van der Waals surface area contributed by atoms with Gasteiger partial charge in [0.05, 0.1) is 18.9 Å². The van der Waals surface area contributed by atoms with Gasteiger partial charge in [0.1, 0.15) is 4.90 Å². The van der Waals surface area contributed by atoms with Crippen molar-refractivity contribution < 1.29 is 13.2 Å². The lowest BCUT2D eigenvalue weighted by Gasteiger charge is -2.12. The van der Waals surface area contributed by atoms with Crippen LogP contribution in [0.4, 0.5) is 5.69 Å². The van der Waals surface area contributed by atoms with E-state index in [0.717, 1.165) is 6.54 Å². The third-order valence-electron chi connectivity index (χ3n) is 2.56. The van der Waals surface area contributed by atoms with Crippen molar-refractivity contribution >= 4 is 15.7 Å². The number of hydrogen-bond acceptors (Lipinski definition) is 6. The van der Waals surface area contributed by atoms with Crippen molar-refractivity contribution in [1.82, 2.24) is 14.6 Å². The molecule has 0 aromatic carbocycles. The van der Waals surface area contributed by atoms with Crippen LogP contribution < -0.4 is 10.0 Å². The fraction of sp³-hybridized carbons (Fsp3) is 0.583. The van der Waals surface area contributed by atoms with Crippen molar-refractivity contribution in [2.45, 2.75) is 4.90 Å². The second kappa shape index (κ2) is 8.15. The zero-order valence-electron chi connectivity index (χ0n) is 12.1. The molecule has 0 bridgehead atoms. The van der Waals surface area contributed by atoms with E-state index in [0.29, 0.717) is 18.9 Å². The molecule has 1 aromatic heterocycles. The highest BCUT2D eigenvalue weighted by Gasteiger charge is 2.17. The number of nitrogens with one attached hydrogen (secondary N) is 2. The van der Waals surface area contributed by atoms with Gasteiger partial charge in [-0.05, 0) is 20.2 Å². The average Bonchev–Trinajstić information content (AvgIpc) is 2.42. The standard InChI is InChI=1S/C12H22N4O3S/c1-13-11-4-5-14-10-12(11)20(17,18)15-6-8-19-9-7-16(2)3/h4-5,10,15H,6-9H2,1-3H3,(H,13,14). The fourth-order valence-corrected chi connectivity index (χ4v) is 2.64. The number of aromatic nitrogens is 1. The lowest BCUT2D eigenvalue weighted by atomic mass is 10.4. The largest absolute Gasteiger partial charge is 0.387 e. The first kappa shape index (κ1) is 16.8. The van der Waals surface area contributed by atoms with Crippen LogP contribution in [0.3, 0.4) is 0 Å². The van der Waals surface area contributed by atoms with E-state index >= 15 is 0 Å². The van der Waals surface area contributed by atoms with Crippen molar-refractivity contribution in [3.05, 3.63) is 18.5 Å². The van der Waals surface area contributed by atoms with Crippen LogP contribution in [0, 0.1) is 0 Å². The number of ether oxygens (including phenoxy) is 1. The third kappa shape index (κ3) is 5.41. The molecule has 0 aliphatic heterocycles. The Bertz CT molecular complexity index is 505. The van der Waals surface area contributed by atoms with E-state index in [4.69, 9.17) is 4.74 Å². The zero-order valence-corrected chi connectivity index (χ0v) is 12.9. The highest BCUT2D eigenvalue weighted by atomic mass is 32.2. The monoisotopic (exact) mass is 302 g/mol. The molecule has 0 spiro atoms. The van der Waals surface area contributed by atoms with Crippen molar-refractivity contribution in [3.63, 3.8) is 0 Å². The van der Waals surface area contributed by atoms with E-state index in [9.17, 15) is 8.42 Å². The summed E-state index contributed by atoms with van der Waals surface area (Å²) in [4.78, 5) is 5.97. The number of anilines is 1. The molecule has 1 heterocycles. The van der Waals surface area contributed by atoms with Crippen LogP contribution in [0.15, 0.2) is 23.4 Å². The Morgan fingerprint density at radius 3 is 2.75 bits per heavy atom. The molecule has 0 amide bonds. The van der Waals surface area contributed by atoms with E-state index in [-0.39, 0.29) is 11.4 Å². The highest BCUT2D eigenvalue weighted by Crippen LogP contribution is 2.18. The molecule has 20 heavy (non-hydrogen) atoms. The molecule has 0 atom stereocenters. The molecular formula is C12H22N4O3S. The van der Waals surface area contributed by atoms with Crippen LogP contribution in [0.5, 0.6) is 0 Å². The molecular weight excluding hydrogens is 280 g/mol. The van der Waals surface area contributed by atoms with Gasteiger partial charge in [0, 0.05) is 32.5 Å². The highest BCUT2D eigenvalue weighted by molar-refractivity contribution is 7.89. The molecule has 8 heteroatoms. The van der Waals surface area contributed by atoms with Gasteiger partial charge in [-0.2, -0.15) is 0 Å². The van der Waals surface area contributed by atoms with Crippen LogP contribution in [-0.2, 0) is 14.8 Å². The summed E-state index contributed by atoms with van der Waals surface area (Å²) in [7, 11) is 2.00. The predicted molar refractivity (Wildman–Crippen MR) is 78.3 cm³/mol. The molecule has 1 rings (SSSR count). The van der Waals surface area contributed by atoms with Crippen molar-refractivity contribution in [2.75, 3.05) is 52.8 Å². The number of sulfonamides is 1. The van der Waals surface area contributed by atoms with E-state index < -0.39 is 10.0 Å². The summed E-state index contributed by atoms with van der Waals surface area (Å²) in [5.74, 6) is 0. The van der Waals surface area contributed by atoms with Crippen LogP contribution in [-0.4, -0.2) is 65.7 Å². The van der Waals surface area contributed by atoms with E-state index in [1.165, 1.54) is 12.4 Å². The Morgan fingerprint density at radius 2 is 2.10 bits per heavy atom. The Kier molecular flexibility index (Phi) is 6.86. The summed E-state index contributed by atoms with van der Waals surface area (Å²) in [6.07, 6.45) is 2.86. The van der Waals surface area contributed by atoms with Crippen LogP contribution in [0.25, 0.3) is 0 Å². The fourth-order valence-electron chi connectivity index (χ4n) is 1.48. The first-order valence-corrected chi connectivity index (χ1v) is 7.79. The van der Waals surface area contributed by atoms with Crippen molar-refractivity contribution in [1.29, 1.82) is 0 Å². The predicted octanol–water partition coefficient (Wildman–Crippen LogP) is -0.0202. The van der Waals surface area contributed by atoms with Gasteiger partial charge >= 0.3 is 0 Å². The number of nitrogens with zero attached hydrogens (tertiary/aromatic N) is 2. The molecule has 2 N–H and O–H groups in total. The Labute approximate surface area is 120 Å². The lowest BCUT2D eigenvalue weighted by molar-refractivity contribution is 0.122. The van der Waals surface area contributed by atoms with Gasteiger partial charge in [-0.3, -0.25) is 4.98 Å². The molecule has 0 fully saturated rings. The normalized spacial score (nSPS) is 11.8. The topological polar surface area (TPSA) is 83.6 Å². The van der Waals surface area contributed by atoms with E-state index in [2.05, 4.69) is 15.0 Å². The quantitative estimate of drug-likeness (QED) is 0.624. The minimum Gasteiger partial charge on any atom is -0.387 e. The minimum absolute atomic E-state index is 0.135. The van der Waals surface area contributed by atoms with Crippen LogP contribution in [0.2, 0.25) is 0 Å². The van der Waals surface area contributed by atoms with Gasteiger partial charge in [0.2, 0.25) is 10.0 Å². The maximum absolute atomic E-state index is 12.1. The smallest absolute Gasteiger partial charge is 0.244 e. The molecule has 0 radical (unpaired) electrons. The number of rotatable bonds is 9. The minimum atomic E-state index is -3.57. The number of likely N-dealkylation sites (N-methyl/N-ethyl adjacent to an activating group) is 1. The third-order valence-corrected chi connectivity index (χ3v) is 4.05. The van der Waals surface area contributed by atoms with Crippen molar-refractivity contribution in [3.8, 4) is 0 Å². The van der Waals surface area contributed by atoms with Crippen LogP contribution in [0.1, 0.15) is 0 Å². The Balaban J connectivity index is 2.46. The van der Waals surface area contributed by atoms with E-state index in [1.54, 1.807) is 13.1 Å². The van der Waals surface area contributed by atoms with Crippen molar-refractivity contribution in [2.24, 2.45) is 0 Å². The second-order valence-electron chi connectivity index (χ2n) is 4.44. The first-order valence-electron chi connectivity index (χ1n) is 6.31. The molecule has 0 saturated heterocycles. The summed E-state index contributed by atoms with van der Waals surface area (Å²) < 4.78 is 32.0. The number of hydrogen-bond donors (Lipinski definition) is 2. The average molecular weight is 302 g/mol. The molecule has 114 valence electrons. The summed E-state index contributed by atoms with van der Waals surface area (Å²) >= 11 is 0. The van der Waals surface area contributed by atoms with Gasteiger partial charge in [0.15, 0.2) is 0 Å². The van der Waals surface area contributed by atoms with Gasteiger partial charge in [-0.25, -0.2) is 13.1 Å². The van der Waals surface area contributed by atoms with Gasteiger partial charge in [0.25, 0.3) is 0 Å². The summed E-state index contributed by atoms with van der Waals surface area (Å²) in [5, 5.41) is 2.83. The zero-order chi connectivity index (χ0) is 15.0. The molecule has 0 saturated carbocycles. The van der Waals surface area contributed by atoms with E-state index in [1.807, 2.05) is 19.0 Å². The maximum Gasteiger partial charge on any atom is 0.244 e. The summed E-state index contributed by atoms with van der Waals surface area (Å²) in [5.41, 5.74) is 0.515. The van der Waals surface area contributed by atoms with Crippen LogP contribution >= 0.6 is 0 Å². The molecule has 0 aliphatic rings. The second-order valence-corrected chi connectivity index (χ2v) is 6.17. The van der Waals surface area contributed by atoms with Gasteiger partial charge in [-0.1, -0.05) is 0 Å². The summed E-state index contributed by atoms with van der Waals surface area (Å²) in [6.45, 7) is 1.94. The van der Waals surface area contributed by atoms with Gasteiger partial charge in [-0.15, -0.1) is 0 Å². The Hall–Kier alpha value is -1.22. The first-order chi connectivity index (χ1) is 9.47. The summed E-state index contributed by atoms with van der Waals surface area (Å²) in [6, 6.07) is 1.61.